The SMILES string of the molecule is CC(NC(=O)c1ccccc1NC(=O)c1cccc2c1OC(C)C2C)c1ccccc1. The smallest absolute Gasteiger partial charge is 0.259 e. The van der Waals surface area contributed by atoms with E-state index >= 15 is 0 Å². The highest BCUT2D eigenvalue weighted by Crippen LogP contribution is 2.40. The molecule has 0 saturated heterocycles. The van der Waals surface area contributed by atoms with Crippen LogP contribution in [-0.2, 0) is 0 Å². The van der Waals surface area contributed by atoms with E-state index in [1.54, 1.807) is 30.3 Å². The first-order valence-electron chi connectivity index (χ1n) is 10.5. The fourth-order valence-corrected chi connectivity index (χ4v) is 3.84. The summed E-state index contributed by atoms with van der Waals surface area (Å²) in [4.78, 5) is 26.0. The van der Waals surface area contributed by atoms with Crippen LogP contribution < -0.4 is 15.4 Å². The number of anilines is 1. The Hall–Kier alpha value is -3.60. The lowest BCUT2D eigenvalue weighted by molar-refractivity contribution is 0.0940. The number of carbonyl (C=O) groups excluding carboxylic acids is 2. The molecule has 158 valence electrons. The molecule has 0 spiro atoms. The van der Waals surface area contributed by atoms with Gasteiger partial charge < -0.3 is 15.4 Å². The summed E-state index contributed by atoms with van der Waals surface area (Å²) in [5.74, 6) is 0.304. The van der Waals surface area contributed by atoms with E-state index in [0.29, 0.717) is 22.6 Å². The van der Waals surface area contributed by atoms with Gasteiger partial charge in [-0.25, -0.2) is 0 Å². The number of hydrogen-bond donors (Lipinski definition) is 2. The van der Waals surface area contributed by atoms with Crippen molar-refractivity contribution < 1.29 is 14.3 Å². The highest BCUT2D eigenvalue weighted by Gasteiger charge is 2.31. The van der Waals surface area contributed by atoms with Crippen LogP contribution in [0.15, 0.2) is 72.8 Å². The van der Waals surface area contributed by atoms with E-state index in [-0.39, 0.29) is 29.9 Å². The molecule has 0 radical (unpaired) electrons. The minimum atomic E-state index is -0.297. The second-order valence-electron chi connectivity index (χ2n) is 7.94. The predicted molar refractivity (Wildman–Crippen MR) is 122 cm³/mol. The zero-order valence-electron chi connectivity index (χ0n) is 17.9. The van der Waals surface area contributed by atoms with Crippen molar-refractivity contribution in [1.29, 1.82) is 0 Å². The van der Waals surface area contributed by atoms with Gasteiger partial charge in [0.25, 0.3) is 11.8 Å². The maximum Gasteiger partial charge on any atom is 0.259 e. The lowest BCUT2D eigenvalue weighted by Crippen LogP contribution is -2.28. The third kappa shape index (κ3) is 4.17. The molecule has 2 amide bonds. The molecule has 3 atom stereocenters. The standard InChI is InChI=1S/C26H26N2O3/c1-16-18(3)31-24-20(16)13-9-14-22(24)26(30)28-23-15-8-7-12-21(23)25(29)27-17(2)19-10-5-4-6-11-19/h4-18H,1-3H3,(H,27,29)(H,28,30). The minimum absolute atomic E-state index is 0.0153. The van der Waals surface area contributed by atoms with Crippen molar-refractivity contribution in [3.63, 3.8) is 0 Å². The van der Waals surface area contributed by atoms with Gasteiger partial charge in [0.1, 0.15) is 11.9 Å². The number of ether oxygens (including phenoxy) is 1. The Balaban J connectivity index is 1.55. The van der Waals surface area contributed by atoms with E-state index in [9.17, 15) is 9.59 Å². The van der Waals surface area contributed by atoms with Crippen LogP contribution in [0.1, 0.15) is 64.6 Å². The van der Waals surface area contributed by atoms with Crippen LogP contribution in [0, 0.1) is 0 Å². The maximum absolute atomic E-state index is 13.1. The lowest BCUT2D eigenvalue weighted by Gasteiger charge is -2.17. The molecule has 1 aliphatic rings. The molecule has 1 heterocycles. The van der Waals surface area contributed by atoms with Crippen molar-refractivity contribution in [2.24, 2.45) is 0 Å². The van der Waals surface area contributed by atoms with Crippen LogP contribution in [0.4, 0.5) is 5.69 Å². The first-order valence-corrected chi connectivity index (χ1v) is 10.5. The molecule has 4 rings (SSSR count). The van der Waals surface area contributed by atoms with E-state index in [0.717, 1.165) is 11.1 Å². The number of nitrogens with one attached hydrogen (secondary N) is 2. The van der Waals surface area contributed by atoms with E-state index in [1.165, 1.54) is 0 Å². The number of fused-ring (bicyclic) bond motifs is 1. The molecule has 5 heteroatoms. The average molecular weight is 415 g/mol. The summed E-state index contributed by atoms with van der Waals surface area (Å²) in [6.45, 7) is 6.02. The molecule has 3 unspecified atom stereocenters. The molecule has 3 aromatic carbocycles. The van der Waals surface area contributed by atoms with Crippen LogP contribution in [-0.4, -0.2) is 17.9 Å². The zero-order valence-corrected chi connectivity index (χ0v) is 17.9. The summed E-state index contributed by atoms with van der Waals surface area (Å²) < 4.78 is 5.95. The first-order chi connectivity index (χ1) is 15.0. The summed E-state index contributed by atoms with van der Waals surface area (Å²) in [7, 11) is 0. The lowest BCUT2D eigenvalue weighted by atomic mass is 9.96. The fourth-order valence-electron chi connectivity index (χ4n) is 3.84. The van der Waals surface area contributed by atoms with Crippen LogP contribution in [0.5, 0.6) is 5.75 Å². The van der Waals surface area contributed by atoms with Crippen molar-refractivity contribution in [1.82, 2.24) is 5.32 Å². The summed E-state index contributed by atoms with van der Waals surface area (Å²) in [6.07, 6.45) is 0.0153. The number of rotatable bonds is 5. The van der Waals surface area contributed by atoms with Gasteiger partial charge in [0.2, 0.25) is 0 Å². The number of carbonyl (C=O) groups is 2. The van der Waals surface area contributed by atoms with Crippen molar-refractivity contribution in [2.45, 2.75) is 38.8 Å². The minimum Gasteiger partial charge on any atom is -0.489 e. The molecule has 2 N–H and O–H groups in total. The topological polar surface area (TPSA) is 67.4 Å². The normalized spacial score (nSPS) is 17.9. The van der Waals surface area contributed by atoms with Gasteiger partial charge in [-0.15, -0.1) is 0 Å². The van der Waals surface area contributed by atoms with Crippen LogP contribution in [0.2, 0.25) is 0 Å². The molecule has 1 aliphatic heterocycles. The summed E-state index contributed by atoms with van der Waals surface area (Å²) in [5, 5.41) is 5.90. The molecule has 5 nitrogen and oxygen atoms in total. The van der Waals surface area contributed by atoms with E-state index in [4.69, 9.17) is 4.74 Å². The molecule has 0 fully saturated rings. The summed E-state index contributed by atoms with van der Waals surface area (Å²) >= 11 is 0. The van der Waals surface area contributed by atoms with Gasteiger partial charge in [-0.2, -0.15) is 0 Å². The Kier molecular flexibility index (Phi) is 5.76. The number of hydrogen-bond acceptors (Lipinski definition) is 3. The molecule has 0 aromatic heterocycles. The van der Waals surface area contributed by atoms with Crippen LogP contribution in [0.3, 0.4) is 0 Å². The van der Waals surface area contributed by atoms with Crippen molar-refractivity contribution in [3.8, 4) is 5.75 Å². The predicted octanol–water partition coefficient (Wildman–Crippen LogP) is 5.31. The second kappa shape index (κ2) is 8.64. The van der Waals surface area contributed by atoms with Gasteiger partial charge >= 0.3 is 0 Å². The molecule has 3 aromatic rings. The molecule has 31 heavy (non-hydrogen) atoms. The van der Waals surface area contributed by atoms with Gasteiger partial charge in [-0.3, -0.25) is 9.59 Å². The Labute approximate surface area is 182 Å². The Bertz CT molecular complexity index is 1110. The second-order valence-corrected chi connectivity index (χ2v) is 7.94. The molecule has 0 aliphatic carbocycles. The van der Waals surface area contributed by atoms with E-state index in [2.05, 4.69) is 17.6 Å². The Morgan fingerprint density at radius 1 is 0.839 bits per heavy atom. The van der Waals surface area contributed by atoms with Gasteiger partial charge in [0.15, 0.2) is 0 Å². The Morgan fingerprint density at radius 3 is 2.29 bits per heavy atom. The number of benzene rings is 3. The van der Waals surface area contributed by atoms with Crippen LogP contribution in [0.25, 0.3) is 0 Å². The van der Waals surface area contributed by atoms with Crippen molar-refractivity contribution in [2.75, 3.05) is 5.32 Å². The molecular formula is C26H26N2O3. The third-order valence-corrected chi connectivity index (χ3v) is 5.86. The van der Waals surface area contributed by atoms with Gasteiger partial charge in [0.05, 0.1) is 22.9 Å². The maximum atomic E-state index is 13.1. The van der Waals surface area contributed by atoms with Gasteiger partial charge in [0, 0.05) is 11.5 Å². The molecular weight excluding hydrogens is 388 g/mol. The first kappa shape index (κ1) is 20.7. The quantitative estimate of drug-likeness (QED) is 0.594. The monoisotopic (exact) mass is 414 g/mol. The number of amides is 2. The largest absolute Gasteiger partial charge is 0.489 e. The highest BCUT2D eigenvalue weighted by atomic mass is 16.5. The number of para-hydroxylation sites is 2. The summed E-state index contributed by atoms with van der Waals surface area (Å²) in [6, 6.07) is 22.2. The van der Waals surface area contributed by atoms with Crippen LogP contribution >= 0.6 is 0 Å². The zero-order chi connectivity index (χ0) is 22.0. The summed E-state index contributed by atoms with van der Waals surface area (Å²) in [5.41, 5.74) is 3.39. The van der Waals surface area contributed by atoms with Crippen molar-refractivity contribution in [3.05, 3.63) is 95.1 Å². The molecule has 0 bridgehead atoms. The van der Waals surface area contributed by atoms with Gasteiger partial charge in [-0.05, 0) is 37.6 Å². The highest BCUT2D eigenvalue weighted by molar-refractivity contribution is 6.10. The van der Waals surface area contributed by atoms with Crippen molar-refractivity contribution >= 4 is 17.5 Å². The third-order valence-electron chi connectivity index (χ3n) is 5.86. The average Bonchev–Trinajstić information content (AvgIpc) is 3.08. The van der Waals surface area contributed by atoms with E-state index in [1.807, 2.05) is 56.3 Å². The Morgan fingerprint density at radius 2 is 1.52 bits per heavy atom. The van der Waals surface area contributed by atoms with Gasteiger partial charge in [-0.1, -0.05) is 61.5 Å². The fraction of sp³-hybridized carbons (Fsp3) is 0.231. The molecule has 0 saturated carbocycles. The van der Waals surface area contributed by atoms with E-state index < -0.39 is 0 Å².